The minimum absolute atomic E-state index is 0.215. The maximum Gasteiger partial charge on any atom is 0.320 e. The second-order valence-corrected chi connectivity index (χ2v) is 7.09. The number of fused-ring (bicyclic) bond motifs is 2. The van der Waals surface area contributed by atoms with Gasteiger partial charge in [-0.25, -0.2) is 9.97 Å². The second-order valence-electron chi connectivity index (χ2n) is 7.09. The molecule has 1 N–H and O–H groups in total. The van der Waals surface area contributed by atoms with Gasteiger partial charge in [0.2, 0.25) is 12.6 Å². The molecule has 0 spiro atoms. The van der Waals surface area contributed by atoms with Gasteiger partial charge in [-0.2, -0.15) is 0 Å². The standard InChI is InChI=1S/C20H20N4O4/c25-19(26)14-4-1-2-8-23(14)11-15-18(22-20-21-7-3-9-24(15)20)13-5-6-16-17(10-13)28-12-27-16/h3,5-7,9-10,14H,1-2,4,8,11-12H2,(H,25,26)/t14-/m0/s1. The Kier molecular flexibility index (Phi) is 4.12. The third-order valence-electron chi connectivity index (χ3n) is 5.40. The van der Waals surface area contributed by atoms with E-state index >= 15 is 0 Å². The molecule has 8 heteroatoms. The van der Waals surface area contributed by atoms with Crippen LogP contribution >= 0.6 is 0 Å². The van der Waals surface area contributed by atoms with Crippen LogP contribution in [0.5, 0.6) is 11.5 Å². The number of carboxylic acids is 1. The molecule has 2 aliphatic heterocycles. The van der Waals surface area contributed by atoms with E-state index in [2.05, 4.69) is 4.98 Å². The van der Waals surface area contributed by atoms with Gasteiger partial charge in [0.15, 0.2) is 11.5 Å². The molecule has 144 valence electrons. The molecule has 1 fully saturated rings. The quantitative estimate of drug-likeness (QED) is 0.744. The first-order valence-corrected chi connectivity index (χ1v) is 9.39. The Balaban J connectivity index is 1.59. The lowest BCUT2D eigenvalue weighted by atomic mass is 10.0. The van der Waals surface area contributed by atoms with Crippen molar-refractivity contribution in [2.75, 3.05) is 13.3 Å². The van der Waals surface area contributed by atoms with Crippen LogP contribution in [0.25, 0.3) is 17.0 Å². The summed E-state index contributed by atoms with van der Waals surface area (Å²) < 4.78 is 12.9. The van der Waals surface area contributed by atoms with E-state index < -0.39 is 12.0 Å². The molecule has 8 nitrogen and oxygen atoms in total. The third-order valence-corrected chi connectivity index (χ3v) is 5.40. The fraction of sp³-hybridized carbons (Fsp3) is 0.350. The summed E-state index contributed by atoms with van der Waals surface area (Å²) >= 11 is 0. The van der Waals surface area contributed by atoms with Gasteiger partial charge in [0.1, 0.15) is 6.04 Å². The van der Waals surface area contributed by atoms with Gasteiger partial charge in [0.05, 0.1) is 11.4 Å². The molecule has 0 radical (unpaired) electrons. The molecule has 1 saturated heterocycles. The lowest BCUT2D eigenvalue weighted by Crippen LogP contribution is -2.44. The molecule has 1 aromatic carbocycles. The first kappa shape index (κ1) is 17.0. The molecule has 28 heavy (non-hydrogen) atoms. The molecule has 2 aromatic heterocycles. The second kappa shape index (κ2) is 6.79. The van der Waals surface area contributed by atoms with Crippen LogP contribution < -0.4 is 9.47 Å². The van der Waals surface area contributed by atoms with Crippen LogP contribution in [0, 0.1) is 0 Å². The normalized spacial score (nSPS) is 19.2. The zero-order valence-corrected chi connectivity index (χ0v) is 15.2. The SMILES string of the molecule is O=C(O)[C@@H]1CCCCN1Cc1c(-c2ccc3c(c2)OCO3)nc2ncccn12. The van der Waals surface area contributed by atoms with Crippen LogP contribution in [0.1, 0.15) is 25.0 Å². The maximum absolute atomic E-state index is 11.7. The molecule has 5 rings (SSSR count). The number of hydrogen-bond donors (Lipinski definition) is 1. The summed E-state index contributed by atoms with van der Waals surface area (Å²) in [6.07, 6.45) is 6.23. The molecular weight excluding hydrogens is 360 g/mol. The Morgan fingerprint density at radius 1 is 1.25 bits per heavy atom. The van der Waals surface area contributed by atoms with Crippen LogP contribution in [0.2, 0.25) is 0 Å². The van der Waals surface area contributed by atoms with E-state index in [1.165, 1.54) is 0 Å². The summed E-state index contributed by atoms with van der Waals surface area (Å²) in [5.41, 5.74) is 2.61. The van der Waals surface area contributed by atoms with Gasteiger partial charge in [-0.05, 0) is 43.7 Å². The van der Waals surface area contributed by atoms with Crippen molar-refractivity contribution < 1.29 is 19.4 Å². The Labute approximate surface area is 161 Å². The molecule has 0 aliphatic carbocycles. The Bertz CT molecular complexity index is 1050. The van der Waals surface area contributed by atoms with E-state index in [4.69, 9.17) is 14.5 Å². The van der Waals surface area contributed by atoms with Crippen molar-refractivity contribution in [1.82, 2.24) is 19.3 Å². The van der Waals surface area contributed by atoms with E-state index in [1.54, 1.807) is 6.20 Å². The monoisotopic (exact) mass is 380 g/mol. The molecule has 0 amide bonds. The van der Waals surface area contributed by atoms with Gasteiger partial charge < -0.3 is 14.6 Å². The number of likely N-dealkylation sites (tertiary alicyclic amines) is 1. The summed E-state index contributed by atoms with van der Waals surface area (Å²) in [7, 11) is 0. The Hall–Kier alpha value is -3.13. The number of aliphatic carboxylic acids is 1. The van der Waals surface area contributed by atoms with E-state index in [0.717, 1.165) is 36.3 Å². The third kappa shape index (κ3) is 2.86. The highest BCUT2D eigenvalue weighted by molar-refractivity contribution is 5.74. The number of rotatable bonds is 4. The highest BCUT2D eigenvalue weighted by Gasteiger charge is 2.30. The van der Waals surface area contributed by atoms with Crippen molar-refractivity contribution in [1.29, 1.82) is 0 Å². The fourth-order valence-corrected chi connectivity index (χ4v) is 4.01. The van der Waals surface area contributed by atoms with Crippen molar-refractivity contribution >= 4 is 11.7 Å². The number of ether oxygens (including phenoxy) is 2. The van der Waals surface area contributed by atoms with Crippen LogP contribution in [0.15, 0.2) is 36.7 Å². The van der Waals surface area contributed by atoms with Crippen LogP contribution in [-0.2, 0) is 11.3 Å². The Morgan fingerprint density at radius 3 is 3.04 bits per heavy atom. The first-order chi connectivity index (χ1) is 13.7. The zero-order valence-electron chi connectivity index (χ0n) is 15.2. The average molecular weight is 380 g/mol. The summed E-state index contributed by atoms with van der Waals surface area (Å²) in [6, 6.07) is 7.12. The van der Waals surface area contributed by atoms with Gasteiger partial charge in [0, 0.05) is 24.5 Å². The topological polar surface area (TPSA) is 89.2 Å². The van der Waals surface area contributed by atoms with Crippen molar-refractivity contribution in [3.63, 3.8) is 0 Å². The number of carbonyl (C=O) groups is 1. The number of benzene rings is 1. The lowest BCUT2D eigenvalue weighted by molar-refractivity contribution is -0.144. The molecule has 0 saturated carbocycles. The van der Waals surface area contributed by atoms with E-state index in [-0.39, 0.29) is 6.79 Å². The molecule has 0 bridgehead atoms. The van der Waals surface area contributed by atoms with Gasteiger partial charge in [-0.15, -0.1) is 0 Å². The molecule has 0 unspecified atom stereocenters. The van der Waals surface area contributed by atoms with E-state index in [9.17, 15) is 9.90 Å². The number of imidazole rings is 1. The highest BCUT2D eigenvalue weighted by Crippen LogP contribution is 2.37. The van der Waals surface area contributed by atoms with Gasteiger partial charge in [-0.3, -0.25) is 14.1 Å². The largest absolute Gasteiger partial charge is 0.480 e. The Morgan fingerprint density at radius 2 is 2.14 bits per heavy atom. The van der Waals surface area contributed by atoms with E-state index in [1.807, 2.05) is 39.8 Å². The predicted molar refractivity (Wildman–Crippen MR) is 100 cm³/mol. The number of aromatic nitrogens is 3. The number of hydrogen-bond acceptors (Lipinski definition) is 6. The maximum atomic E-state index is 11.7. The van der Waals surface area contributed by atoms with Crippen molar-refractivity contribution in [3.05, 3.63) is 42.4 Å². The van der Waals surface area contributed by atoms with Gasteiger partial charge in [-0.1, -0.05) is 6.42 Å². The molecule has 2 aliphatic rings. The van der Waals surface area contributed by atoms with E-state index in [0.29, 0.717) is 30.2 Å². The predicted octanol–water partition coefficient (Wildman–Crippen LogP) is 2.56. The van der Waals surface area contributed by atoms with Crippen LogP contribution in [-0.4, -0.2) is 49.7 Å². The molecular formula is C20H20N4O4. The summed E-state index contributed by atoms with van der Waals surface area (Å²) in [5, 5.41) is 9.64. The van der Waals surface area contributed by atoms with Crippen molar-refractivity contribution in [2.45, 2.75) is 31.8 Å². The van der Waals surface area contributed by atoms with Crippen LogP contribution in [0.4, 0.5) is 0 Å². The summed E-state index contributed by atoms with van der Waals surface area (Å²) in [6.45, 7) is 1.46. The smallest absolute Gasteiger partial charge is 0.320 e. The highest BCUT2D eigenvalue weighted by atomic mass is 16.7. The van der Waals surface area contributed by atoms with Crippen molar-refractivity contribution in [2.24, 2.45) is 0 Å². The molecule has 1 atom stereocenters. The van der Waals surface area contributed by atoms with Crippen molar-refractivity contribution in [3.8, 4) is 22.8 Å². The molecule has 3 aromatic rings. The fourth-order valence-electron chi connectivity index (χ4n) is 4.01. The zero-order chi connectivity index (χ0) is 19.1. The minimum Gasteiger partial charge on any atom is -0.480 e. The average Bonchev–Trinajstić information content (AvgIpc) is 3.32. The number of nitrogens with zero attached hydrogens (tertiary/aromatic N) is 4. The van der Waals surface area contributed by atoms with Crippen LogP contribution in [0.3, 0.4) is 0 Å². The van der Waals surface area contributed by atoms with Gasteiger partial charge >= 0.3 is 5.97 Å². The summed E-state index contributed by atoms with van der Waals surface area (Å²) in [5.74, 6) is 1.23. The van der Waals surface area contributed by atoms with Gasteiger partial charge in [0.25, 0.3) is 0 Å². The number of carboxylic acid groups (broad SMARTS) is 1. The first-order valence-electron chi connectivity index (χ1n) is 9.39. The summed E-state index contributed by atoms with van der Waals surface area (Å²) in [4.78, 5) is 22.9. The molecule has 4 heterocycles. The minimum atomic E-state index is -0.767. The number of piperidine rings is 1. The lowest BCUT2D eigenvalue weighted by Gasteiger charge is -2.32.